The van der Waals surface area contributed by atoms with E-state index in [1.165, 1.54) is 18.6 Å². The number of anilines is 3. The minimum atomic E-state index is -0.518. The molecule has 6 nitrogen and oxygen atoms in total. The predicted octanol–water partition coefficient (Wildman–Crippen LogP) is 4.92. The van der Waals surface area contributed by atoms with Crippen molar-refractivity contribution in [3.63, 3.8) is 0 Å². The second-order valence-corrected chi connectivity index (χ2v) is 6.43. The summed E-state index contributed by atoms with van der Waals surface area (Å²) in [6.45, 7) is 1.80. The van der Waals surface area contributed by atoms with Crippen molar-refractivity contribution in [1.29, 1.82) is 0 Å². The molecule has 2 aromatic carbocycles. The SMILES string of the molecule is CCC(=O)Nc1cccc(Nc2ncnc3ccc(-c4ccc(F)nc4)cc23)c1. The fourth-order valence-electron chi connectivity index (χ4n) is 2.94. The van der Waals surface area contributed by atoms with Gasteiger partial charge in [-0.2, -0.15) is 4.39 Å². The summed E-state index contributed by atoms with van der Waals surface area (Å²) in [4.78, 5) is 24.0. The number of benzene rings is 2. The number of carbonyl (C=O) groups excluding carboxylic acids is 1. The Morgan fingerprint density at radius 2 is 1.79 bits per heavy atom. The van der Waals surface area contributed by atoms with Crippen LogP contribution in [0.5, 0.6) is 0 Å². The Labute approximate surface area is 166 Å². The molecule has 0 unspecified atom stereocenters. The maximum Gasteiger partial charge on any atom is 0.224 e. The van der Waals surface area contributed by atoms with E-state index in [4.69, 9.17) is 0 Å². The van der Waals surface area contributed by atoms with Gasteiger partial charge >= 0.3 is 0 Å². The van der Waals surface area contributed by atoms with Gasteiger partial charge in [-0.15, -0.1) is 0 Å². The normalized spacial score (nSPS) is 10.7. The van der Waals surface area contributed by atoms with E-state index in [1.807, 2.05) is 42.5 Å². The summed E-state index contributed by atoms with van der Waals surface area (Å²) >= 11 is 0. The molecule has 0 saturated carbocycles. The van der Waals surface area contributed by atoms with Crippen LogP contribution >= 0.6 is 0 Å². The fraction of sp³-hybridized carbons (Fsp3) is 0.0909. The Balaban J connectivity index is 1.69. The number of hydrogen-bond acceptors (Lipinski definition) is 5. The lowest BCUT2D eigenvalue weighted by atomic mass is 10.1. The van der Waals surface area contributed by atoms with E-state index in [1.54, 1.807) is 13.0 Å². The average Bonchev–Trinajstić information content (AvgIpc) is 2.74. The zero-order valence-electron chi connectivity index (χ0n) is 15.7. The number of nitrogens with zero attached hydrogens (tertiary/aromatic N) is 3. The number of hydrogen-bond donors (Lipinski definition) is 2. The van der Waals surface area contributed by atoms with Crippen LogP contribution in [0.1, 0.15) is 13.3 Å². The van der Waals surface area contributed by atoms with Gasteiger partial charge in [0.1, 0.15) is 12.1 Å². The standard InChI is InChI=1S/C22H18FN5O/c1-2-21(29)27-16-4-3-5-17(11-16)28-22-18-10-14(6-8-19(18)25-13-26-22)15-7-9-20(23)24-12-15/h3-13H,2H2,1H3,(H,27,29)(H,25,26,28). The van der Waals surface area contributed by atoms with Gasteiger partial charge in [0.25, 0.3) is 0 Å². The van der Waals surface area contributed by atoms with E-state index in [0.717, 1.165) is 27.7 Å². The number of carbonyl (C=O) groups is 1. The smallest absolute Gasteiger partial charge is 0.224 e. The second-order valence-electron chi connectivity index (χ2n) is 6.43. The molecule has 0 atom stereocenters. The molecular weight excluding hydrogens is 369 g/mol. The molecule has 0 bridgehead atoms. The third kappa shape index (κ3) is 4.19. The minimum absolute atomic E-state index is 0.0489. The summed E-state index contributed by atoms with van der Waals surface area (Å²) in [5.41, 5.74) is 3.95. The third-order valence-electron chi connectivity index (χ3n) is 4.43. The Morgan fingerprint density at radius 3 is 2.59 bits per heavy atom. The van der Waals surface area contributed by atoms with Crippen LogP contribution in [0.25, 0.3) is 22.0 Å². The number of amides is 1. The third-order valence-corrected chi connectivity index (χ3v) is 4.43. The lowest BCUT2D eigenvalue weighted by molar-refractivity contribution is -0.115. The average molecular weight is 387 g/mol. The van der Waals surface area contributed by atoms with Crippen molar-refractivity contribution < 1.29 is 9.18 Å². The Hall–Kier alpha value is -3.87. The summed E-state index contributed by atoms with van der Waals surface area (Å²) in [7, 11) is 0. The van der Waals surface area contributed by atoms with Gasteiger partial charge in [0.05, 0.1) is 5.52 Å². The molecule has 0 aliphatic heterocycles. The van der Waals surface area contributed by atoms with Crippen molar-refractivity contribution in [2.24, 2.45) is 0 Å². The van der Waals surface area contributed by atoms with Crippen LogP contribution < -0.4 is 10.6 Å². The first-order valence-corrected chi connectivity index (χ1v) is 9.16. The van der Waals surface area contributed by atoms with E-state index < -0.39 is 5.95 Å². The molecule has 0 aliphatic carbocycles. The molecule has 7 heteroatoms. The molecule has 144 valence electrons. The molecule has 0 spiro atoms. The number of rotatable bonds is 5. The quantitative estimate of drug-likeness (QED) is 0.475. The molecule has 4 rings (SSSR count). The fourth-order valence-corrected chi connectivity index (χ4v) is 2.94. The molecular formula is C22H18FN5O. The van der Waals surface area contributed by atoms with Gasteiger partial charge in [0.15, 0.2) is 0 Å². The van der Waals surface area contributed by atoms with Gasteiger partial charge in [0, 0.05) is 34.9 Å². The Kier molecular flexibility index (Phi) is 5.11. The first kappa shape index (κ1) is 18.5. The molecule has 0 radical (unpaired) electrons. The molecule has 29 heavy (non-hydrogen) atoms. The van der Waals surface area contributed by atoms with Crippen LogP contribution in [0.3, 0.4) is 0 Å². The maximum atomic E-state index is 13.1. The maximum absolute atomic E-state index is 13.1. The topological polar surface area (TPSA) is 79.8 Å². The van der Waals surface area contributed by atoms with Gasteiger partial charge in [0.2, 0.25) is 11.9 Å². The minimum Gasteiger partial charge on any atom is -0.340 e. The van der Waals surface area contributed by atoms with Crippen molar-refractivity contribution in [3.05, 3.63) is 73.1 Å². The summed E-state index contributed by atoms with van der Waals surface area (Å²) in [5.74, 6) is 0.0633. The van der Waals surface area contributed by atoms with E-state index in [2.05, 4.69) is 25.6 Å². The number of nitrogens with one attached hydrogen (secondary N) is 2. The molecule has 0 aliphatic rings. The summed E-state index contributed by atoms with van der Waals surface area (Å²) in [6.07, 6.45) is 3.40. The lowest BCUT2D eigenvalue weighted by Crippen LogP contribution is -2.09. The van der Waals surface area contributed by atoms with Crippen LogP contribution in [0.4, 0.5) is 21.6 Å². The monoisotopic (exact) mass is 387 g/mol. The van der Waals surface area contributed by atoms with E-state index in [0.29, 0.717) is 17.9 Å². The van der Waals surface area contributed by atoms with Crippen LogP contribution in [-0.4, -0.2) is 20.9 Å². The molecule has 1 amide bonds. The van der Waals surface area contributed by atoms with Crippen LogP contribution in [-0.2, 0) is 4.79 Å². The van der Waals surface area contributed by atoms with E-state index >= 15 is 0 Å². The van der Waals surface area contributed by atoms with Crippen molar-refractivity contribution in [2.75, 3.05) is 10.6 Å². The number of halogens is 1. The molecule has 2 heterocycles. The van der Waals surface area contributed by atoms with Crippen LogP contribution in [0.15, 0.2) is 67.1 Å². The van der Waals surface area contributed by atoms with Gasteiger partial charge in [-0.3, -0.25) is 4.79 Å². The highest BCUT2D eigenvalue weighted by atomic mass is 19.1. The number of pyridine rings is 1. The summed E-state index contributed by atoms with van der Waals surface area (Å²) in [6, 6.07) is 16.2. The number of aromatic nitrogens is 3. The highest BCUT2D eigenvalue weighted by Gasteiger charge is 2.08. The van der Waals surface area contributed by atoms with Gasteiger partial charge in [-0.25, -0.2) is 15.0 Å². The highest BCUT2D eigenvalue weighted by molar-refractivity contribution is 5.94. The van der Waals surface area contributed by atoms with Crippen molar-refractivity contribution >= 4 is 34.0 Å². The Morgan fingerprint density at radius 1 is 0.966 bits per heavy atom. The van der Waals surface area contributed by atoms with Crippen LogP contribution in [0.2, 0.25) is 0 Å². The predicted molar refractivity (Wildman–Crippen MR) is 111 cm³/mol. The summed E-state index contributed by atoms with van der Waals surface area (Å²) < 4.78 is 13.1. The zero-order valence-corrected chi connectivity index (χ0v) is 15.7. The second kappa shape index (κ2) is 8.02. The largest absolute Gasteiger partial charge is 0.340 e. The lowest BCUT2D eigenvalue weighted by Gasteiger charge is -2.11. The van der Waals surface area contributed by atoms with Crippen molar-refractivity contribution in [1.82, 2.24) is 15.0 Å². The number of fused-ring (bicyclic) bond motifs is 1. The van der Waals surface area contributed by atoms with Gasteiger partial charge in [-0.1, -0.05) is 19.1 Å². The van der Waals surface area contributed by atoms with Gasteiger partial charge in [-0.05, 0) is 48.0 Å². The first-order valence-electron chi connectivity index (χ1n) is 9.16. The first-order chi connectivity index (χ1) is 14.1. The molecule has 4 aromatic rings. The van der Waals surface area contributed by atoms with E-state index in [-0.39, 0.29) is 5.91 Å². The summed E-state index contributed by atoms with van der Waals surface area (Å²) in [5, 5.41) is 6.95. The van der Waals surface area contributed by atoms with Crippen molar-refractivity contribution in [3.8, 4) is 11.1 Å². The Bertz CT molecular complexity index is 1180. The van der Waals surface area contributed by atoms with E-state index in [9.17, 15) is 9.18 Å². The molecule has 2 N–H and O–H groups in total. The molecule has 0 saturated heterocycles. The molecule has 0 fully saturated rings. The van der Waals surface area contributed by atoms with Gasteiger partial charge < -0.3 is 10.6 Å². The molecule has 2 aromatic heterocycles. The van der Waals surface area contributed by atoms with Crippen LogP contribution in [0, 0.1) is 5.95 Å². The van der Waals surface area contributed by atoms with Crippen molar-refractivity contribution in [2.45, 2.75) is 13.3 Å². The highest BCUT2D eigenvalue weighted by Crippen LogP contribution is 2.29. The zero-order chi connectivity index (χ0) is 20.2.